The molecule has 0 aliphatic rings. The van der Waals surface area contributed by atoms with E-state index in [9.17, 15) is 9.18 Å². The van der Waals surface area contributed by atoms with Crippen LogP contribution in [0, 0.1) is 5.82 Å². The van der Waals surface area contributed by atoms with E-state index >= 15 is 0 Å². The third-order valence-electron chi connectivity index (χ3n) is 1.32. The van der Waals surface area contributed by atoms with E-state index in [-0.39, 0.29) is 5.02 Å². The Morgan fingerprint density at radius 2 is 2.17 bits per heavy atom. The van der Waals surface area contributed by atoms with E-state index < -0.39 is 10.6 Å². The van der Waals surface area contributed by atoms with Crippen LogP contribution in [0.2, 0.25) is 5.02 Å². The van der Waals surface area contributed by atoms with Crippen molar-refractivity contribution < 1.29 is 9.18 Å². The monoisotopic (exact) mass is 250 g/mol. The van der Waals surface area contributed by atoms with Gasteiger partial charge in [0.15, 0.2) is 0 Å². The Labute approximate surface area is 82.7 Å². The molecule has 1 rings (SSSR count). The van der Waals surface area contributed by atoms with Crippen molar-refractivity contribution in [2.24, 2.45) is 0 Å². The van der Waals surface area contributed by atoms with Crippen molar-refractivity contribution in [3.63, 3.8) is 0 Å². The molecule has 64 valence electrons. The highest BCUT2D eigenvalue weighted by atomic mass is 79.9. The molecule has 0 bridgehead atoms. The van der Waals surface area contributed by atoms with Crippen molar-refractivity contribution in [2.45, 2.75) is 4.83 Å². The van der Waals surface area contributed by atoms with Gasteiger partial charge in [0.25, 0.3) is 0 Å². The Balaban J connectivity index is 3.08. The first kappa shape index (κ1) is 9.68. The highest BCUT2D eigenvalue weighted by molar-refractivity contribution is 9.09. The molecular weight excluding hydrogens is 246 g/mol. The van der Waals surface area contributed by atoms with E-state index in [0.717, 1.165) is 0 Å². The summed E-state index contributed by atoms with van der Waals surface area (Å²) in [7, 11) is 0. The molecule has 0 aromatic heterocycles. The second kappa shape index (κ2) is 4.01. The van der Waals surface area contributed by atoms with Gasteiger partial charge in [-0.15, -0.1) is 0 Å². The molecule has 1 nitrogen and oxygen atoms in total. The highest BCUT2D eigenvalue weighted by Gasteiger charge is 2.07. The smallest absolute Gasteiger partial charge is 0.138 e. The van der Waals surface area contributed by atoms with Crippen LogP contribution in [0.25, 0.3) is 0 Å². The molecule has 1 aromatic carbocycles. The zero-order chi connectivity index (χ0) is 9.14. The first-order chi connectivity index (χ1) is 5.63. The number of carbonyl (C=O) groups excluding carboxylic acids is 1. The lowest BCUT2D eigenvalue weighted by Crippen LogP contribution is -1.91. The minimum atomic E-state index is -0.495. The predicted octanol–water partition coefficient (Wildman–Crippen LogP) is 3.11. The minimum absolute atomic E-state index is 0.288. The number of hydrogen-bond donors (Lipinski definition) is 0. The van der Waals surface area contributed by atoms with E-state index in [1.807, 2.05) is 0 Å². The topological polar surface area (TPSA) is 17.1 Å². The molecule has 0 fully saturated rings. The van der Waals surface area contributed by atoms with Gasteiger partial charge in [-0.1, -0.05) is 27.5 Å². The van der Waals surface area contributed by atoms with Gasteiger partial charge in [0.1, 0.15) is 12.1 Å². The van der Waals surface area contributed by atoms with Gasteiger partial charge in [0, 0.05) is 5.02 Å². The van der Waals surface area contributed by atoms with E-state index in [2.05, 4.69) is 15.9 Å². The van der Waals surface area contributed by atoms with Crippen molar-refractivity contribution in [2.75, 3.05) is 0 Å². The Kier molecular flexibility index (Phi) is 3.23. The van der Waals surface area contributed by atoms with Crippen LogP contribution in [0.5, 0.6) is 0 Å². The normalized spacial score (nSPS) is 12.6. The highest BCUT2D eigenvalue weighted by Crippen LogP contribution is 2.24. The maximum absolute atomic E-state index is 12.7. The Morgan fingerprint density at radius 1 is 1.50 bits per heavy atom. The number of carbonyl (C=O) groups is 1. The Bertz CT molecular complexity index is 283. The molecule has 12 heavy (non-hydrogen) atoms. The van der Waals surface area contributed by atoms with Crippen molar-refractivity contribution in [3.8, 4) is 0 Å². The van der Waals surface area contributed by atoms with E-state index in [1.165, 1.54) is 12.1 Å². The van der Waals surface area contributed by atoms with Crippen molar-refractivity contribution in [1.82, 2.24) is 0 Å². The number of rotatable bonds is 2. The summed E-state index contributed by atoms with van der Waals surface area (Å²) in [4.78, 5) is 9.82. The van der Waals surface area contributed by atoms with Gasteiger partial charge < -0.3 is 4.79 Å². The van der Waals surface area contributed by atoms with Gasteiger partial charge in [-0.25, -0.2) is 4.39 Å². The van der Waals surface area contributed by atoms with Gasteiger partial charge in [0.05, 0.1) is 4.83 Å². The van der Waals surface area contributed by atoms with Gasteiger partial charge >= 0.3 is 0 Å². The molecular formula is C8H5BrClFO. The number of benzene rings is 1. The van der Waals surface area contributed by atoms with Crippen LogP contribution in [0.3, 0.4) is 0 Å². The molecule has 1 unspecified atom stereocenters. The molecule has 0 saturated carbocycles. The molecule has 0 aliphatic carbocycles. The van der Waals surface area contributed by atoms with Gasteiger partial charge in [-0.3, -0.25) is 0 Å². The first-order valence-corrected chi connectivity index (χ1v) is 4.48. The van der Waals surface area contributed by atoms with Crippen LogP contribution < -0.4 is 0 Å². The summed E-state index contributed by atoms with van der Waals surface area (Å²) in [6.45, 7) is 0. The zero-order valence-electron chi connectivity index (χ0n) is 5.93. The van der Waals surface area contributed by atoms with Crippen LogP contribution in [-0.4, -0.2) is 6.29 Å². The van der Waals surface area contributed by atoms with Gasteiger partial charge in [0.2, 0.25) is 0 Å². The molecule has 1 aromatic rings. The van der Waals surface area contributed by atoms with Gasteiger partial charge in [-0.05, 0) is 23.8 Å². The first-order valence-electron chi connectivity index (χ1n) is 3.19. The average Bonchev–Trinajstić information content (AvgIpc) is 2.01. The summed E-state index contributed by atoms with van der Waals surface area (Å²) in [6, 6.07) is 3.99. The maximum atomic E-state index is 12.7. The minimum Gasteiger partial charge on any atom is -0.302 e. The maximum Gasteiger partial charge on any atom is 0.138 e. The number of aldehydes is 1. The lowest BCUT2D eigenvalue weighted by molar-refractivity contribution is -0.107. The zero-order valence-corrected chi connectivity index (χ0v) is 8.27. The molecule has 0 amide bonds. The van der Waals surface area contributed by atoms with Crippen LogP contribution in [0.4, 0.5) is 4.39 Å². The van der Waals surface area contributed by atoms with Crippen LogP contribution in [-0.2, 0) is 4.79 Å². The quantitative estimate of drug-likeness (QED) is 0.583. The molecule has 0 N–H and O–H groups in total. The van der Waals surface area contributed by atoms with Crippen LogP contribution in [0.1, 0.15) is 10.4 Å². The number of hydrogen-bond acceptors (Lipinski definition) is 1. The molecule has 0 spiro atoms. The molecule has 0 saturated heterocycles. The van der Waals surface area contributed by atoms with E-state index in [4.69, 9.17) is 11.6 Å². The Hall–Kier alpha value is -0.410. The molecule has 4 heteroatoms. The fraction of sp³-hybridized carbons (Fsp3) is 0.125. The fourth-order valence-electron chi connectivity index (χ4n) is 0.813. The summed E-state index contributed by atoms with van der Waals surface area (Å²) >= 11 is 8.63. The lowest BCUT2D eigenvalue weighted by Gasteiger charge is -2.02. The summed E-state index contributed by atoms with van der Waals surface area (Å²) in [5.74, 6) is -0.441. The second-order valence-electron chi connectivity index (χ2n) is 2.24. The summed E-state index contributed by atoms with van der Waals surface area (Å²) in [5.41, 5.74) is 0.523. The van der Waals surface area contributed by atoms with Gasteiger partial charge in [-0.2, -0.15) is 0 Å². The van der Waals surface area contributed by atoms with Crippen molar-refractivity contribution >= 4 is 33.8 Å². The fourth-order valence-corrected chi connectivity index (χ4v) is 1.31. The van der Waals surface area contributed by atoms with E-state index in [1.54, 1.807) is 6.07 Å². The SMILES string of the molecule is O=CC(Br)c1cc(F)cc(Cl)c1. The van der Waals surface area contributed by atoms with Crippen molar-refractivity contribution in [3.05, 3.63) is 34.6 Å². The molecule has 0 heterocycles. The average molecular weight is 251 g/mol. The summed E-state index contributed by atoms with van der Waals surface area (Å²) < 4.78 is 12.7. The van der Waals surface area contributed by atoms with Crippen molar-refractivity contribution in [1.29, 1.82) is 0 Å². The molecule has 0 radical (unpaired) electrons. The van der Waals surface area contributed by atoms with Crippen LogP contribution >= 0.6 is 27.5 Å². The predicted molar refractivity (Wildman–Crippen MR) is 49.1 cm³/mol. The molecule has 0 aliphatic heterocycles. The second-order valence-corrected chi connectivity index (χ2v) is 3.66. The summed E-state index contributed by atoms with van der Waals surface area (Å²) in [6.07, 6.45) is 0.672. The number of halogens is 3. The largest absolute Gasteiger partial charge is 0.302 e. The standard InChI is InChI=1S/C8H5BrClFO/c9-8(4-12)5-1-6(10)3-7(11)2-5/h1-4,8H. The van der Waals surface area contributed by atoms with E-state index in [0.29, 0.717) is 11.8 Å². The lowest BCUT2D eigenvalue weighted by atomic mass is 10.2. The summed E-state index contributed by atoms with van der Waals surface area (Å²) in [5, 5.41) is 0.288. The molecule has 1 atom stereocenters. The third kappa shape index (κ3) is 2.29. The number of alkyl halides is 1. The van der Waals surface area contributed by atoms with Crippen LogP contribution in [0.15, 0.2) is 18.2 Å². The third-order valence-corrected chi connectivity index (χ3v) is 2.29. The Morgan fingerprint density at radius 3 is 2.67 bits per heavy atom.